The van der Waals surface area contributed by atoms with Gasteiger partial charge in [-0.15, -0.1) is 11.6 Å². The lowest BCUT2D eigenvalue weighted by Gasteiger charge is -2.16. The van der Waals surface area contributed by atoms with E-state index in [2.05, 4.69) is 12.2 Å². The molecule has 1 heterocycles. The fraction of sp³-hybridized carbons (Fsp3) is 0.571. The standard InChI is InChI=1S/C14H19ClFNO/c1-10(3-2-6-15)17-9-13-8-11-7-12(16)4-5-14(11)18-13/h4-5,7,10,13,17H,2-3,6,8-9H2,1H3. The zero-order valence-corrected chi connectivity index (χ0v) is 11.3. The summed E-state index contributed by atoms with van der Waals surface area (Å²) in [5, 5.41) is 3.43. The smallest absolute Gasteiger partial charge is 0.123 e. The Balaban J connectivity index is 1.77. The maximum atomic E-state index is 13.1. The van der Waals surface area contributed by atoms with Gasteiger partial charge in [-0.1, -0.05) is 0 Å². The summed E-state index contributed by atoms with van der Waals surface area (Å²) in [4.78, 5) is 0. The Hall–Kier alpha value is -0.800. The Morgan fingerprint density at radius 3 is 3.17 bits per heavy atom. The monoisotopic (exact) mass is 271 g/mol. The Morgan fingerprint density at radius 1 is 1.56 bits per heavy atom. The van der Waals surface area contributed by atoms with E-state index < -0.39 is 0 Å². The molecule has 1 N–H and O–H groups in total. The predicted molar refractivity (Wildman–Crippen MR) is 71.9 cm³/mol. The van der Waals surface area contributed by atoms with E-state index in [1.165, 1.54) is 6.07 Å². The maximum absolute atomic E-state index is 13.1. The lowest BCUT2D eigenvalue weighted by Crippen LogP contribution is -2.35. The summed E-state index contributed by atoms with van der Waals surface area (Å²) in [6.07, 6.45) is 2.98. The van der Waals surface area contributed by atoms with Crippen molar-refractivity contribution in [2.24, 2.45) is 0 Å². The van der Waals surface area contributed by atoms with E-state index in [1.807, 2.05) is 0 Å². The number of rotatable bonds is 6. The second-order valence-corrected chi connectivity index (χ2v) is 5.21. The second kappa shape index (κ2) is 6.39. The molecule has 0 saturated carbocycles. The fourth-order valence-corrected chi connectivity index (χ4v) is 2.38. The second-order valence-electron chi connectivity index (χ2n) is 4.84. The van der Waals surface area contributed by atoms with Gasteiger partial charge in [-0.05, 0) is 38.0 Å². The van der Waals surface area contributed by atoms with Crippen LogP contribution in [0.5, 0.6) is 5.75 Å². The van der Waals surface area contributed by atoms with E-state index in [0.29, 0.717) is 11.9 Å². The molecule has 1 aromatic rings. The van der Waals surface area contributed by atoms with Gasteiger partial charge in [0, 0.05) is 30.5 Å². The van der Waals surface area contributed by atoms with Crippen LogP contribution in [0.3, 0.4) is 0 Å². The molecule has 0 spiro atoms. The van der Waals surface area contributed by atoms with Gasteiger partial charge in [0.05, 0.1) is 0 Å². The van der Waals surface area contributed by atoms with Crippen molar-refractivity contribution in [3.8, 4) is 5.75 Å². The molecule has 0 radical (unpaired) electrons. The summed E-state index contributed by atoms with van der Waals surface area (Å²) < 4.78 is 18.8. The van der Waals surface area contributed by atoms with Crippen molar-refractivity contribution in [2.45, 2.75) is 38.3 Å². The lowest BCUT2D eigenvalue weighted by molar-refractivity contribution is 0.221. The van der Waals surface area contributed by atoms with E-state index in [9.17, 15) is 4.39 Å². The lowest BCUT2D eigenvalue weighted by atomic mass is 10.1. The molecule has 18 heavy (non-hydrogen) atoms. The molecule has 1 aromatic carbocycles. The highest BCUT2D eigenvalue weighted by Crippen LogP contribution is 2.28. The summed E-state index contributed by atoms with van der Waals surface area (Å²) in [6.45, 7) is 2.94. The Kier molecular flexibility index (Phi) is 4.84. The number of nitrogens with one attached hydrogen (secondary N) is 1. The van der Waals surface area contributed by atoms with E-state index in [1.54, 1.807) is 12.1 Å². The van der Waals surface area contributed by atoms with Crippen LogP contribution in [0.2, 0.25) is 0 Å². The Bertz CT molecular complexity index is 399. The average Bonchev–Trinajstić information content (AvgIpc) is 2.75. The largest absolute Gasteiger partial charge is 0.488 e. The number of halogens is 2. The Morgan fingerprint density at radius 2 is 2.39 bits per heavy atom. The molecule has 1 aliphatic heterocycles. The molecule has 0 saturated heterocycles. The highest BCUT2D eigenvalue weighted by Gasteiger charge is 2.23. The molecule has 2 rings (SSSR count). The normalized spacial score (nSPS) is 19.4. The molecule has 0 bridgehead atoms. The van der Waals surface area contributed by atoms with Crippen LogP contribution >= 0.6 is 11.6 Å². The first-order valence-corrected chi connectivity index (χ1v) is 6.97. The third kappa shape index (κ3) is 3.59. The molecule has 0 amide bonds. The summed E-state index contributed by atoms with van der Waals surface area (Å²) >= 11 is 5.66. The molecule has 2 nitrogen and oxygen atoms in total. The van der Waals surface area contributed by atoms with Crippen LogP contribution in [0.25, 0.3) is 0 Å². The molecular weight excluding hydrogens is 253 g/mol. The zero-order chi connectivity index (χ0) is 13.0. The first kappa shape index (κ1) is 13.6. The van der Waals surface area contributed by atoms with Gasteiger partial charge in [-0.25, -0.2) is 4.39 Å². The van der Waals surface area contributed by atoms with Crippen molar-refractivity contribution >= 4 is 11.6 Å². The first-order valence-electron chi connectivity index (χ1n) is 6.43. The topological polar surface area (TPSA) is 21.3 Å². The average molecular weight is 272 g/mol. The van der Waals surface area contributed by atoms with Gasteiger partial charge < -0.3 is 10.1 Å². The van der Waals surface area contributed by atoms with Crippen LogP contribution in [0, 0.1) is 5.82 Å². The molecule has 0 fully saturated rings. The van der Waals surface area contributed by atoms with Crippen LogP contribution in [0.1, 0.15) is 25.3 Å². The van der Waals surface area contributed by atoms with Crippen molar-refractivity contribution in [1.29, 1.82) is 0 Å². The molecular formula is C14H19ClFNO. The van der Waals surface area contributed by atoms with Gasteiger partial charge in [0.2, 0.25) is 0 Å². The van der Waals surface area contributed by atoms with E-state index in [0.717, 1.165) is 37.1 Å². The number of fused-ring (bicyclic) bond motifs is 1. The van der Waals surface area contributed by atoms with Crippen LogP contribution < -0.4 is 10.1 Å². The first-order chi connectivity index (χ1) is 8.69. The number of ether oxygens (including phenoxy) is 1. The van der Waals surface area contributed by atoms with Gasteiger partial charge in [0.15, 0.2) is 0 Å². The third-order valence-corrected chi connectivity index (χ3v) is 3.50. The number of benzene rings is 1. The van der Waals surface area contributed by atoms with Crippen molar-refractivity contribution in [3.05, 3.63) is 29.6 Å². The van der Waals surface area contributed by atoms with Gasteiger partial charge >= 0.3 is 0 Å². The van der Waals surface area contributed by atoms with Gasteiger partial charge in [-0.3, -0.25) is 0 Å². The van der Waals surface area contributed by atoms with Crippen molar-refractivity contribution < 1.29 is 9.13 Å². The summed E-state index contributed by atoms with van der Waals surface area (Å²) in [5.74, 6) is 1.33. The van der Waals surface area contributed by atoms with Crippen molar-refractivity contribution in [3.63, 3.8) is 0 Å². The van der Waals surface area contributed by atoms with Gasteiger partial charge in [0.1, 0.15) is 17.7 Å². The van der Waals surface area contributed by atoms with E-state index in [-0.39, 0.29) is 11.9 Å². The van der Waals surface area contributed by atoms with E-state index >= 15 is 0 Å². The molecule has 4 heteroatoms. The Labute approximate surface area is 112 Å². The highest BCUT2D eigenvalue weighted by atomic mass is 35.5. The number of hydrogen-bond donors (Lipinski definition) is 1. The fourth-order valence-electron chi connectivity index (χ4n) is 2.22. The van der Waals surface area contributed by atoms with Gasteiger partial charge in [-0.2, -0.15) is 0 Å². The SMILES string of the molecule is CC(CCCCl)NCC1Cc2cc(F)ccc2O1. The van der Waals surface area contributed by atoms with Gasteiger partial charge in [0.25, 0.3) is 0 Å². The zero-order valence-electron chi connectivity index (χ0n) is 10.6. The molecule has 0 aliphatic carbocycles. The molecule has 2 atom stereocenters. The van der Waals surface area contributed by atoms with Crippen molar-refractivity contribution in [1.82, 2.24) is 5.32 Å². The minimum atomic E-state index is -0.193. The molecule has 2 unspecified atom stereocenters. The van der Waals surface area contributed by atoms with Crippen LogP contribution in [-0.4, -0.2) is 24.6 Å². The minimum absolute atomic E-state index is 0.111. The minimum Gasteiger partial charge on any atom is -0.488 e. The predicted octanol–water partition coefficient (Wildman–Crippen LogP) is 3.13. The number of alkyl halides is 1. The third-order valence-electron chi connectivity index (χ3n) is 3.23. The van der Waals surface area contributed by atoms with Crippen LogP contribution in [-0.2, 0) is 6.42 Å². The summed E-state index contributed by atoms with van der Waals surface area (Å²) in [6, 6.07) is 5.15. The summed E-state index contributed by atoms with van der Waals surface area (Å²) in [5.41, 5.74) is 0.968. The van der Waals surface area contributed by atoms with Crippen molar-refractivity contribution in [2.75, 3.05) is 12.4 Å². The van der Waals surface area contributed by atoms with E-state index in [4.69, 9.17) is 16.3 Å². The molecule has 0 aromatic heterocycles. The quantitative estimate of drug-likeness (QED) is 0.803. The molecule has 100 valence electrons. The maximum Gasteiger partial charge on any atom is 0.123 e. The van der Waals surface area contributed by atoms with Crippen LogP contribution in [0.4, 0.5) is 4.39 Å². The number of hydrogen-bond acceptors (Lipinski definition) is 2. The summed E-state index contributed by atoms with van der Waals surface area (Å²) in [7, 11) is 0. The molecule has 1 aliphatic rings. The van der Waals surface area contributed by atoms with Crippen LogP contribution in [0.15, 0.2) is 18.2 Å². The highest BCUT2D eigenvalue weighted by molar-refractivity contribution is 6.17.